The molecule has 2 unspecified atom stereocenters. The number of benzene rings is 7. The first-order valence-corrected chi connectivity index (χ1v) is 21.5. The first kappa shape index (κ1) is 32.8. The smallest absolute Gasteiger partial charge is 0.227 e. The second-order valence-corrected chi connectivity index (χ2v) is 17.9. The second kappa shape index (κ2) is 11.6. The summed E-state index contributed by atoms with van der Waals surface area (Å²) in [5, 5.41) is 2.75. The quantitative estimate of drug-likeness (QED) is 0.159. The van der Waals surface area contributed by atoms with E-state index in [1.54, 1.807) is 0 Å². The lowest BCUT2D eigenvalue weighted by molar-refractivity contribution is 0.666. The summed E-state index contributed by atoms with van der Waals surface area (Å²) in [6, 6.07) is 59.5. The fraction of sp³-hybridized carbons (Fsp3) is 0.0877. The molecule has 0 bridgehead atoms. The third-order valence-corrected chi connectivity index (χ3v) is 14.7. The van der Waals surface area contributed by atoms with Crippen LogP contribution in [0.25, 0.3) is 83.9 Å². The number of para-hydroxylation sites is 1. The van der Waals surface area contributed by atoms with Crippen LogP contribution in [0.2, 0.25) is 0 Å². The Kier molecular flexibility index (Phi) is 6.32. The van der Waals surface area contributed by atoms with Gasteiger partial charge in [0.15, 0.2) is 0 Å². The molecular formula is C57H39BN2. The maximum Gasteiger partial charge on any atom is 0.227 e. The van der Waals surface area contributed by atoms with Gasteiger partial charge < -0.3 is 9.13 Å². The third-order valence-electron chi connectivity index (χ3n) is 14.7. The third kappa shape index (κ3) is 4.01. The molecule has 0 saturated heterocycles. The molecule has 0 N–H and O–H groups in total. The van der Waals surface area contributed by atoms with E-state index in [1.165, 1.54) is 117 Å². The van der Waals surface area contributed by atoms with Crippen molar-refractivity contribution in [3.8, 4) is 56.0 Å². The molecule has 2 aliphatic heterocycles. The van der Waals surface area contributed by atoms with Gasteiger partial charge in [-0.05, 0) is 91.1 Å². The molecule has 0 fully saturated rings. The molecule has 0 amide bonds. The summed E-state index contributed by atoms with van der Waals surface area (Å²) in [6.07, 6.45) is 11.9. The van der Waals surface area contributed by atoms with Gasteiger partial charge in [-0.15, -0.1) is 0 Å². The van der Waals surface area contributed by atoms with E-state index >= 15 is 0 Å². The average molecular weight is 763 g/mol. The molecule has 0 saturated carbocycles. The molecular weight excluding hydrogens is 723 g/mol. The summed E-state index contributed by atoms with van der Waals surface area (Å²) in [5.41, 5.74) is 25.3. The summed E-state index contributed by atoms with van der Waals surface area (Å²) in [5.74, 6) is 0.408. The van der Waals surface area contributed by atoms with Crippen LogP contribution in [0.3, 0.4) is 0 Å². The van der Waals surface area contributed by atoms with Crippen LogP contribution in [0.15, 0.2) is 188 Å². The number of allylic oxidation sites excluding steroid dienone is 5. The molecule has 0 radical (unpaired) electrons. The van der Waals surface area contributed by atoms with E-state index in [0.29, 0.717) is 0 Å². The summed E-state index contributed by atoms with van der Waals surface area (Å²) in [4.78, 5) is 0. The minimum absolute atomic E-state index is 0.136. The Labute approximate surface area is 350 Å². The van der Waals surface area contributed by atoms with Gasteiger partial charge in [0.25, 0.3) is 0 Å². The van der Waals surface area contributed by atoms with Crippen molar-refractivity contribution in [3.63, 3.8) is 0 Å². The summed E-state index contributed by atoms with van der Waals surface area (Å²) in [7, 11) is 0. The van der Waals surface area contributed by atoms with Gasteiger partial charge in [0.1, 0.15) is 0 Å². The molecule has 3 heteroatoms. The zero-order valence-electron chi connectivity index (χ0n) is 33.5. The van der Waals surface area contributed by atoms with Gasteiger partial charge in [-0.25, -0.2) is 0 Å². The average Bonchev–Trinajstić information content (AvgIpc) is 3.91. The first-order valence-electron chi connectivity index (χ1n) is 21.5. The van der Waals surface area contributed by atoms with Crippen LogP contribution in [0.4, 0.5) is 0 Å². The van der Waals surface area contributed by atoms with E-state index in [0.717, 1.165) is 0 Å². The predicted molar refractivity (Wildman–Crippen MR) is 251 cm³/mol. The summed E-state index contributed by atoms with van der Waals surface area (Å²) < 4.78 is 5.39. The lowest BCUT2D eigenvalue weighted by atomic mass is 9.28. The number of rotatable bonds is 3. The molecule has 0 spiro atoms. The summed E-state index contributed by atoms with van der Waals surface area (Å²) >= 11 is 0. The Morgan fingerprint density at radius 3 is 2.08 bits per heavy atom. The Hall–Kier alpha value is -7.10. The molecule has 7 aromatic carbocycles. The number of aromatic nitrogens is 2. The highest BCUT2D eigenvalue weighted by Crippen LogP contribution is 2.57. The predicted octanol–water partition coefficient (Wildman–Crippen LogP) is 12.6. The van der Waals surface area contributed by atoms with Crippen molar-refractivity contribution in [2.45, 2.75) is 25.1 Å². The molecule has 2 atom stereocenters. The minimum atomic E-state index is -0.143. The van der Waals surface area contributed by atoms with E-state index in [4.69, 9.17) is 0 Å². The lowest BCUT2D eigenvalue weighted by Crippen LogP contribution is -2.58. The SMILES string of the molecule is CC1(C)c2ccccc2-c2ccc3c(c21)c1cccc2c1n3-c1cc(-c3ccccc3)cc3c1B2C1c2c(c(-c4ccccc4)c(-c4ccccc4)n2-3)C=C2C=CC=CC21. The van der Waals surface area contributed by atoms with Crippen molar-refractivity contribution >= 4 is 45.5 Å². The highest BCUT2D eigenvalue weighted by Gasteiger charge is 2.51. The highest BCUT2D eigenvalue weighted by molar-refractivity contribution is 6.90. The number of hydrogen-bond acceptors (Lipinski definition) is 0. The van der Waals surface area contributed by atoms with E-state index in [-0.39, 0.29) is 23.9 Å². The molecule has 14 rings (SSSR count). The van der Waals surface area contributed by atoms with Crippen molar-refractivity contribution in [2.24, 2.45) is 5.92 Å². The minimum Gasteiger partial charge on any atom is -0.313 e. The van der Waals surface area contributed by atoms with E-state index in [9.17, 15) is 0 Å². The Morgan fingerprint density at radius 1 is 0.600 bits per heavy atom. The zero-order chi connectivity index (χ0) is 39.4. The maximum absolute atomic E-state index is 2.72. The van der Waals surface area contributed by atoms with Gasteiger partial charge in [-0.3, -0.25) is 0 Å². The monoisotopic (exact) mass is 762 g/mol. The second-order valence-electron chi connectivity index (χ2n) is 17.9. The van der Waals surface area contributed by atoms with E-state index < -0.39 is 0 Å². The molecule has 2 aromatic heterocycles. The van der Waals surface area contributed by atoms with Crippen molar-refractivity contribution in [3.05, 3.63) is 210 Å². The van der Waals surface area contributed by atoms with Crippen molar-refractivity contribution in [1.82, 2.24) is 9.13 Å². The van der Waals surface area contributed by atoms with Crippen LogP contribution < -0.4 is 10.9 Å². The normalized spacial score (nSPS) is 17.9. The van der Waals surface area contributed by atoms with Gasteiger partial charge >= 0.3 is 0 Å². The number of hydrogen-bond donors (Lipinski definition) is 0. The standard InChI is InChI=1S/C57H39BN2/c1-57(2)44-27-15-14-25-40(44)41-29-30-46-50(51(41)57)42-26-16-28-45-55(42)59(46)47-32-38(34-17-6-3-7-18-34)33-48-53(47)58(45)52-39-24-13-12-23-37(39)31-43-49(35-19-8-4-9-20-35)54(60(48)56(43)52)36-21-10-5-11-22-36/h3-33,39,52H,1-2H3. The van der Waals surface area contributed by atoms with Gasteiger partial charge in [0.05, 0.1) is 11.2 Å². The van der Waals surface area contributed by atoms with Crippen LogP contribution in [0.5, 0.6) is 0 Å². The highest BCUT2D eigenvalue weighted by atomic mass is 15.1. The molecule has 9 aromatic rings. The largest absolute Gasteiger partial charge is 0.313 e. The van der Waals surface area contributed by atoms with Crippen LogP contribution >= 0.6 is 0 Å². The number of fused-ring (bicyclic) bond motifs is 13. The fourth-order valence-corrected chi connectivity index (χ4v) is 12.4. The maximum atomic E-state index is 2.72. The van der Waals surface area contributed by atoms with Gasteiger partial charge in [-0.1, -0.05) is 178 Å². The summed E-state index contributed by atoms with van der Waals surface area (Å²) in [6.45, 7) is 5.00. The van der Waals surface area contributed by atoms with Crippen molar-refractivity contribution < 1.29 is 0 Å². The fourth-order valence-electron chi connectivity index (χ4n) is 12.4. The van der Waals surface area contributed by atoms with Gasteiger partial charge in [0.2, 0.25) is 6.71 Å². The van der Waals surface area contributed by atoms with Crippen LogP contribution in [0.1, 0.15) is 42.0 Å². The lowest BCUT2D eigenvalue weighted by Gasteiger charge is -2.44. The van der Waals surface area contributed by atoms with Crippen LogP contribution in [-0.4, -0.2) is 15.8 Å². The molecule has 3 aliphatic carbocycles. The van der Waals surface area contributed by atoms with Crippen molar-refractivity contribution in [2.75, 3.05) is 0 Å². The first-order chi connectivity index (χ1) is 29.6. The molecule has 5 aliphatic rings. The topological polar surface area (TPSA) is 9.86 Å². The Bertz CT molecular complexity index is 3450. The van der Waals surface area contributed by atoms with Crippen LogP contribution in [0, 0.1) is 5.92 Å². The molecule has 60 heavy (non-hydrogen) atoms. The zero-order valence-corrected chi connectivity index (χ0v) is 33.5. The van der Waals surface area contributed by atoms with E-state index in [2.05, 4.69) is 211 Å². The molecule has 280 valence electrons. The Morgan fingerprint density at radius 2 is 1.30 bits per heavy atom. The number of nitrogens with zero attached hydrogens (tertiary/aromatic N) is 2. The van der Waals surface area contributed by atoms with Gasteiger partial charge in [0, 0.05) is 55.8 Å². The molecule has 2 nitrogen and oxygen atoms in total. The Balaban J connectivity index is 1.19. The van der Waals surface area contributed by atoms with Crippen molar-refractivity contribution in [1.29, 1.82) is 0 Å². The van der Waals surface area contributed by atoms with Gasteiger partial charge in [-0.2, -0.15) is 0 Å². The molecule has 4 heterocycles. The van der Waals surface area contributed by atoms with E-state index in [1.807, 2.05) is 0 Å². The van der Waals surface area contributed by atoms with Crippen LogP contribution in [-0.2, 0) is 5.41 Å².